The Labute approximate surface area is 149 Å². The van der Waals surface area contributed by atoms with Crippen LogP contribution >= 0.6 is 0 Å². The Morgan fingerprint density at radius 2 is 1.84 bits per heavy atom. The predicted octanol–water partition coefficient (Wildman–Crippen LogP) is 3.48. The topological polar surface area (TPSA) is 75.4 Å². The zero-order valence-corrected chi connectivity index (χ0v) is 15.5. The molecule has 0 unspecified atom stereocenters. The van der Waals surface area contributed by atoms with E-state index in [1.807, 2.05) is 20.8 Å². The maximum absolute atomic E-state index is 12.8. The van der Waals surface area contributed by atoms with Gasteiger partial charge in [0.15, 0.2) is 5.82 Å². The van der Waals surface area contributed by atoms with Crippen LogP contribution in [0.3, 0.4) is 0 Å². The van der Waals surface area contributed by atoms with Gasteiger partial charge in [0, 0.05) is 23.9 Å². The molecule has 25 heavy (non-hydrogen) atoms. The number of carbonyl (C=O) groups excluding carboxylic acids is 2. The lowest BCUT2D eigenvalue weighted by atomic mass is 9.93. The first-order chi connectivity index (χ1) is 11.9. The second-order valence-corrected chi connectivity index (χ2v) is 8.34. The van der Waals surface area contributed by atoms with Gasteiger partial charge in [-0.2, -0.15) is 0 Å². The zero-order chi connectivity index (χ0) is 18.0. The Morgan fingerprint density at radius 1 is 1.16 bits per heavy atom. The number of hydrogen-bond donors (Lipinski definition) is 1. The molecule has 2 fully saturated rings. The Bertz CT molecular complexity index is 626. The summed E-state index contributed by atoms with van der Waals surface area (Å²) in [5, 5.41) is 6.80. The highest BCUT2D eigenvalue weighted by atomic mass is 16.5. The van der Waals surface area contributed by atoms with Gasteiger partial charge < -0.3 is 14.7 Å². The molecule has 1 saturated heterocycles. The minimum absolute atomic E-state index is 0.105. The van der Waals surface area contributed by atoms with Gasteiger partial charge >= 0.3 is 0 Å². The summed E-state index contributed by atoms with van der Waals surface area (Å²) in [7, 11) is 0. The van der Waals surface area contributed by atoms with Crippen molar-refractivity contribution in [1.29, 1.82) is 0 Å². The van der Waals surface area contributed by atoms with Gasteiger partial charge in [0.1, 0.15) is 11.8 Å². The van der Waals surface area contributed by atoms with Crippen molar-refractivity contribution in [2.45, 2.75) is 77.2 Å². The lowest BCUT2D eigenvalue weighted by Gasteiger charge is -2.36. The van der Waals surface area contributed by atoms with E-state index in [-0.39, 0.29) is 23.1 Å². The number of carbonyl (C=O) groups is 2. The molecule has 3 rings (SSSR count). The molecule has 0 spiro atoms. The molecule has 6 heteroatoms. The maximum atomic E-state index is 12.8. The molecule has 138 valence electrons. The van der Waals surface area contributed by atoms with Crippen molar-refractivity contribution < 1.29 is 14.1 Å². The molecule has 1 aromatic heterocycles. The highest BCUT2D eigenvalue weighted by Gasteiger charge is 2.36. The summed E-state index contributed by atoms with van der Waals surface area (Å²) in [6.45, 7) is 6.77. The van der Waals surface area contributed by atoms with Gasteiger partial charge in [-0.3, -0.25) is 9.59 Å². The van der Waals surface area contributed by atoms with Gasteiger partial charge in [0.25, 0.3) is 0 Å². The van der Waals surface area contributed by atoms with Gasteiger partial charge in [-0.25, -0.2) is 0 Å². The van der Waals surface area contributed by atoms with Gasteiger partial charge in [-0.1, -0.05) is 38.8 Å². The number of hydrogen-bond acceptors (Lipinski definition) is 4. The van der Waals surface area contributed by atoms with Gasteiger partial charge in [0.05, 0.1) is 0 Å². The van der Waals surface area contributed by atoms with E-state index in [9.17, 15) is 9.59 Å². The normalized spacial score (nSPS) is 22.2. The standard InChI is InChI=1S/C19H29N3O3/c1-19(2,3)15-12-16(21-25-15)20-17(23)14-10-6-7-11-22(14)18(24)13-8-4-5-9-13/h12-14H,4-11H2,1-3H3,(H,20,21,23)/t14-/m0/s1. The van der Waals surface area contributed by atoms with Crippen LogP contribution in [0.15, 0.2) is 10.6 Å². The quantitative estimate of drug-likeness (QED) is 0.908. The fourth-order valence-corrected chi connectivity index (χ4v) is 3.77. The maximum Gasteiger partial charge on any atom is 0.248 e. The lowest BCUT2D eigenvalue weighted by molar-refractivity contribution is -0.143. The fraction of sp³-hybridized carbons (Fsp3) is 0.737. The van der Waals surface area contributed by atoms with Crippen LogP contribution in [0.25, 0.3) is 0 Å². The number of anilines is 1. The lowest BCUT2D eigenvalue weighted by Crippen LogP contribution is -2.51. The van der Waals surface area contributed by atoms with Crippen LogP contribution in [0.1, 0.15) is 71.5 Å². The molecule has 1 atom stereocenters. The highest BCUT2D eigenvalue weighted by molar-refractivity contribution is 5.97. The number of amides is 2. The van der Waals surface area contributed by atoms with Crippen LogP contribution in [0.5, 0.6) is 0 Å². The van der Waals surface area contributed by atoms with E-state index in [1.54, 1.807) is 11.0 Å². The SMILES string of the molecule is CC(C)(C)c1cc(NC(=O)[C@@H]2CCCCN2C(=O)C2CCCC2)no1. The molecule has 1 aromatic rings. The molecule has 1 N–H and O–H groups in total. The number of aromatic nitrogens is 1. The molecular weight excluding hydrogens is 318 g/mol. The van der Waals surface area contributed by atoms with Crippen molar-refractivity contribution in [3.8, 4) is 0 Å². The third-order valence-electron chi connectivity index (χ3n) is 5.29. The molecular formula is C19H29N3O3. The second-order valence-electron chi connectivity index (χ2n) is 8.34. The molecule has 2 heterocycles. The minimum Gasteiger partial charge on any atom is -0.359 e. The first-order valence-corrected chi connectivity index (χ1v) is 9.45. The van der Waals surface area contributed by atoms with Crippen molar-refractivity contribution in [2.24, 2.45) is 5.92 Å². The molecule has 6 nitrogen and oxygen atoms in total. The van der Waals surface area contributed by atoms with Gasteiger partial charge in [-0.15, -0.1) is 0 Å². The Balaban J connectivity index is 1.68. The molecule has 0 radical (unpaired) electrons. The van der Waals surface area contributed by atoms with E-state index >= 15 is 0 Å². The summed E-state index contributed by atoms with van der Waals surface area (Å²) in [4.78, 5) is 27.4. The number of piperidine rings is 1. The van der Waals surface area contributed by atoms with Crippen molar-refractivity contribution in [3.05, 3.63) is 11.8 Å². The van der Waals surface area contributed by atoms with E-state index in [2.05, 4.69) is 10.5 Å². The van der Waals surface area contributed by atoms with E-state index in [4.69, 9.17) is 4.52 Å². The summed E-state index contributed by atoms with van der Waals surface area (Å²) in [6.07, 6.45) is 6.82. The summed E-state index contributed by atoms with van der Waals surface area (Å²) in [5.41, 5.74) is -0.161. The third kappa shape index (κ3) is 4.05. The summed E-state index contributed by atoms with van der Waals surface area (Å²) in [5.74, 6) is 1.26. The molecule has 0 aromatic carbocycles. The van der Waals surface area contributed by atoms with Gasteiger partial charge in [0.2, 0.25) is 11.8 Å². The minimum atomic E-state index is -0.392. The number of rotatable bonds is 3. The molecule has 2 aliphatic rings. The van der Waals surface area contributed by atoms with Crippen molar-refractivity contribution in [3.63, 3.8) is 0 Å². The van der Waals surface area contributed by atoms with Crippen LogP contribution in [0, 0.1) is 5.92 Å². The van der Waals surface area contributed by atoms with E-state index in [0.29, 0.717) is 18.8 Å². The van der Waals surface area contributed by atoms with Gasteiger partial charge in [-0.05, 0) is 32.1 Å². The van der Waals surface area contributed by atoms with Crippen molar-refractivity contribution >= 4 is 17.6 Å². The second kappa shape index (κ2) is 7.18. The molecule has 1 aliphatic carbocycles. The van der Waals surface area contributed by atoms with Crippen LogP contribution in [0.2, 0.25) is 0 Å². The smallest absolute Gasteiger partial charge is 0.248 e. The Hall–Kier alpha value is -1.85. The van der Waals surface area contributed by atoms with E-state index in [1.165, 1.54) is 0 Å². The van der Waals surface area contributed by atoms with Crippen molar-refractivity contribution in [2.75, 3.05) is 11.9 Å². The average molecular weight is 347 g/mol. The first-order valence-electron chi connectivity index (χ1n) is 9.45. The number of nitrogens with one attached hydrogen (secondary N) is 1. The molecule has 2 amide bonds. The summed E-state index contributed by atoms with van der Waals surface area (Å²) < 4.78 is 5.33. The Kier molecular flexibility index (Phi) is 5.16. The summed E-state index contributed by atoms with van der Waals surface area (Å²) >= 11 is 0. The van der Waals surface area contributed by atoms with Crippen LogP contribution in [-0.2, 0) is 15.0 Å². The van der Waals surface area contributed by atoms with Crippen LogP contribution in [0.4, 0.5) is 5.82 Å². The third-order valence-corrected chi connectivity index (χ3v) is 5.29. The largest absolute Gasteiger partial charge is 0.359 e. The molecule has 1 saturated carbocycles. The molecule has 1 aliphatic heterocycles. The van der Waals surface area contributed by atoms with Crippen LogP contribution in [-0.4, -0.2) is 34.5 Å². The highest BCUT2D eigenvalue weighted by Crippen LogP contribution is 2.30. The predicted molar refractivity (Wildman–Crippen MR) is 95.1 cm³/mol. The number of likely N-dealkylation sites (tertiary alicyclic amines) is 1. The van der Waals surface area contributed by atoms with E-state index < -0.39 is 6.04 Å². The van der Waals surface area contributed by atoms with Crippen molar-refractivity contribution in [1.82, 2.24) is 10.1 Å². The zero-order valence-electron chi connectivity index (χ0n) is 15.5. The monoisotopic (exact) mass is 347 g/mol. The fourth-order valence-electron chi connectivity index (χ4n) is 3.77. The summed E-state index contributed by atoms with van der Waals surface area (Å²) in [6, 6.07) is 1.38. The molecule has 0 bridgehead atoms. The number of nitrogens with zero attached hydrogens (tertiary/aromatic N) is 2. The average Bonchev–Trinajstić information content (AvgIpc) is 3.25. The first kappa shape index (κ1) is 18.0. The van der Waals surface area contributed by atoms with Crippen LogP contribution < -0.4 is 5.32 Å². The Morgan fingerprint density at radius 3 is 2.48 bits per heavy atom. The van der Waals surface area contributed by atoms with E-state index in [0.717, 1.165) is 44.3 Å².